The molecule has 10 heteroatoms. The summed E-state index contributed by atoms with van der Waals surface area (Å²) in [5.74, 6) is -4.82. The van der Waals surface area contributed by atoms with Crippen LogP contribution in [0.4, 0.5) is 18.0 Å². The van der Waals surface area contributed by atoms with Crippen molar-refractivity contribution in [2.24, 2.45) is 0 Å². The van der Waals surface area contributed by atoms with Crippen LogP contribution in [0.15, 0.2) is 12.1 Å². The monoisotopic (exact) mass is 444 g/mol. The van der Waals surface area contributed by atoms with E-state index in [0.29, 0.717) is 31.5 Å². The van der Waals surface area contributed by atoms with E-state index in [2.05, 4.69) is 10.1 Å². The highest BCUT2D eigenvalue weighted by atomic mass is 19.2. The standard InChI is InChI=1S/C21H27F3N2O5/c1-21(2,3)31-20(29)26-7-5-6-17(26)19(28)25-13(10-18(27)30-4)8-12-9-15(23)16(24)11-14(12)22/h9,11,13,17H,5-8,10H2,1-4H3,(H,25,28). The largest absolute Gasteiger partial charge is 0.469 e. The molecule has 0 spiro atoms. The zero-order chi connectivity index (χ0) is 23.3. The molecule has 0 aromatic heterocycles. The minimum atomic E-state index is -1.34. The number of carbonyl (C=O) groups excluding carboxylic acids is 3. The zero-order valence-electron chi connectivity index (χ0n) is 18.0. The maximum atomic E-state index is 14.1. The topological polar surface area (TPSA) is 84.9 Å². The maximum Gasteiger partial charge on any atom is 0.410 e. The fourth-order valence-electron chi connectivity index (χ4n) is 3.32. The summed E-state index contributed by atoms with van der Waals surface area (Å²) in [6, 6.07) is -0.697. The van der Waals surface area contributed by atoms with Gasteiger partial charge in [-0.1, -0.05) is 0 Å². The normalized spacial score (nSPS) is 17.3. The number of nitrogens with zero attached hydrogens (tertiary/aromatic N) is 1. The van der Waals surface area contributed by atoms with E-state index in [1.165, 1.54) is 4.90 Å². The van der Waals surface area contributed by atoms with Crippen molar-refractivity contribution in [3.63, 3.8) is 0 Å². The van der Waals surface area contributed by atoms with Crippen LogP contribution in [0, 0.1) is 17.5 Å². The molecular formula is C21H27F3N2O5. The number of nitrogens with one attached hydrogen (secondary N) is 1. The van der Waals surface area contributed by atoms with Crippen molar-refractivity contribution in [1.29, 1.82) is 0 Å². The first kappa shape index (κ1) is 24.5. The van der Waals surface area contributed by atoms with E-state index in [0.717, 1.165) is 7.11 Å². The van der Waals surface area contributed by atoms with Crippen LogP contribution >= 0.6 is 0 Å². The molecule has 172 valence electrons. The van der Waals surface area contributed by atoms with Crippen molar-refractivity contribution < 1.29 is 37.0 Å². The van der Waals surface area contributed by atoms with E-state index in [4.69, 9.17) is 4.74 Å². The lowest BCUT2D eigenvalue weighted by molar-refractivity contribution is -0.141. The van der Waals surface area contributed by atoms with Crippen LogP contribution in [0.2, 0.25) is 0 Å². The molecule has 2 rings (SSSR count). The summed E-state index contributed by atoms with van der Waals surface area (Å²) in [4.78, 5) is 38.3. The fourth-order valence-corrected chi connectivity index (χ4v) is 3.32. The van der Waals surface area contributed by atoms with Crippen molar-refractivity contribution >= 4 is 18.0 Å². The van der Waals surface area contributed by atoms with Crippen LogP contribution in [-0.4, -0.2) is 54.2 Å². The smallest absolute Gasteiger partial charge is 0.410 e. The molecule has 0 saturated carbocycles. The molecule has 0 aliphatic carbocycles. The van der Waals surface area contributed by atoms with Gasteiger partial charge < -0.3 is 14.8 Å². The minimum absolute atomic E-state index is 0.205. The molecule has 1 N–H and O–H groups in total. The molecule has 31 heavy (non-hydrogen) atoms. The molecule has 1 aromatic rings. The minimum Gasteiger partial charge on any atom is -0.469 e. The Labute approximate surface area is 178 Å². The Kier molecular flexibility index (Phi) is 7.91. The van der Waals surface area contributed by atoms with Crippen LogP contribution in [0.1, 0.15) is 45.6 Å². The summed E-state index contributed by atoms with van der Waals surface area (Å²) in [7, 11) is 1.15. The van der Waals surface area contributed by atoms with Gasteiger partial charge in [0.15, 0.2) is 11.6 Å². The van der Waals surface area contributed by atoms with E-state index < -0.39 is 53.1 Å². The molecular weight excluding hydrogens is 417 g/mol. The van der Waals surface area contributed by atoms with Gasteiger partial charge in [-0.25, -0.2) is 18.0 Å². The lowest BCUT2D eigenvalue weighted by Gasteiger charge is -2.29. The lowest BCUT2D eigenvalue weighted by atomic mass is 10.0. The Morgan fingerprint density at radius 1 is 1.16 bits per heavy atom. The number of benzene rings is 1. The summed E-state index contributed by atoms with van der Waals surface area (Å²) in [5, 5.41) is 2.61. The fraction of sp³-hybridized carbons (Fsp3) is 0.571. The Morgan fingerprint density at radius 3 is 2.42 bits per heavy atom. The predicted molar refractivity (Wildman–Crippen MR) is 105 cm³/mol. The average Bonchev–Trinajstić information content (AvgIpc) is 3.14. The van der Waals surface area contributed by atoms with E-state index in [1.807, 2.05) is 0 Å². The van der Waals surface area contributed by atoms with Gasteiger partial charge in [0.2, 0.25) is 5.91 Å². The van der Waals surface area contributed by atoms with Crippen LogP contribution in [0.25, 0.3) is 0 Å². The molecule has 2 amide bonds. The van der Waals surface area contributed by atoms with E-state index >= 15 is 0 Å². The number of carbonyl (C=O) groups is 3. The predicted octanol–water partition coefficient (Wildman–Crippen LogP) is 3.09. The first-order chi connectivity index (χ1) is 14.4. The van der Waals surface area contributed by atoms with Gasteiger partial charge in [-0.3, -0.25) is 14.5 Å². The quantitative estimate of drug-likeness (QED) is 0.539. The third-order valence-corrected chi connectivity index (χ3v) is 4.73. The highest BCUT2D eigenvalue weighted by molar-refractivity contribution is 5.87. The van der Waals surface area contributed by atoms with E-state index in [1.54, 1.807) is 20.8 Å². The third kappa shape index (κ3) is 6.86. The molecule has 1 fully saturated rings. The highest BCUT2D eigenvalue weighted by Gasteiger charge is 2.37. The average molecular weight is 444 g/mol. The number of likely N-dealkylation sites (tertiary alicyclic amines) is 1. The number of methoxy groups -OCH3 is 1. The highest BCUT2D eigenvalue weighted by Crippen LogP contribution is 2.22. The summed E-state index contributed by atoms with van der Waals surface area (Å²) in [6.45, 7) is 5.45. The van der Waals surface area contributed by atoms with Gasteiger partial charge in [-0.2, -0.15) is 0 Å². The van der Waals surface area contributed by atoms with Gasteiger partial charge in [0.1, 0.15) is 17.5 Å². The second-order valence-electron chi connectivity index (χ2n) is 8.38. The van der Waals surface area contributed by atoms with Crippen molar-refractivity contribution in [1.82, 2.24) is 10.2 Å². The number of hydrogen-bond donors (Lipinski definition) is 1. The SMILES string of the molecule is COC(=O)CC(Cc1cc(F)c(F)cc1F)NC(=O)C1CCCN1C(=O)OC(C)(C)C. The number of rotatable bonds is 6. The van der Waals surface area contributed by atoms with E-state index in [-0.39, 0.29) is 18.4 Å². The first-order valence-corrected chi connectivity index (χ1v) is 9.91. The molecule has 1 aliphatic heterocycles. The Morgan fingerprint density at radius 2 is 1.81 bits per heavy atom. The maximum absolute atomic E-state index is 14.1. The zero-order valence-corrected chi connectivity index (χ0v) is 18.0. The van der Waals surface area contributed by atoms with Crippen LogP contribution in [0.3, 0.4) is 0 Å². The Bertz CT molecular complexity index is 841. The first-order valence-electron chi connectivity index (χ1n) is 9.91. The molecule has 1 heterocycles. The molecule has 0 radical (unpaired) electrons. The Hall–Kier alpha value is -2.78. The van der Waals surface area contributed by atoms with Gasteiger partial charge in [0.25, 0.3) is 0 Å². The number of esters is 1. The van der Waals surface area contributed by atoms with Gasteiger partial charge in [-0.15, -0.1) is 0 Å². The summed E-state index contributed by atoms with van der Waals surface area (Å²) < 4.78 is 50.8. The molecule has 2 atom stereocenters. The van der Waals surface area contributed by atoms with Gasteiger partial charge >= 0.3 is 12.1 Å². The number of amides is 2. The number of hydrogen-bond acceptors (Lipinski definition) is 5. The summed E-state index contributed by atoms with van der Waals surface area (Å²) in [5.41, 5.74) is -0.943. The second-order valence-corrected chi connectivity index (χ2v) is 8.38. The third-order valence-electron chi connectivity index (χ3n) is 4.73. The molecule has 1 saturated heterocycles. The second kappa shape index (κ2) is 10.0. The van der Waals surface area contributed by atoms with Crippen molar-refractivity contribution in [2.45, 2.75) is 64.1 Å². The summed E-state index contributed by atoms with van der Waals surface area (Å²) >= 11 is 0. The van der Waals surface area contributed by atoms with Gasteiger partial charge in [0.05, 0.1) is 13.5 Å². The van der Waals surface area contributed by atoms with Gasteiger partial charge in [-0.05, 0) is 51.7 Å². The Balaban J connectivity index is 2.16. The molecule has 1 aliphatic rings. The van der Waals surface area contributed by atoms with Crippen LogP contribution in [-0.2, 0) is 25.5 Å². The van der Waals surface area contributed by atoms with Gasteiger partial charge in [0, 0.05) is 18.7 Å². The summed E-state index contributed by atoms with van der Waals surface area (Å²) in [6.07, 6.45) is -0.267. The molecule has 2 unspecified atom stereocenters. The van der Waals surface area contributed by atoms with Crippen LogP contribution in [0.5, 0.6) is 0 Å². The van der Waals surface area contributed by atoms with E-state index in [9.17, 15) is 27.6 Å². The van der Waals surface area contributed by atoms with Crippen molar-refractivity contribution in [2.75, 3.05) is 13.7 Å². The molecule has 0 bridgehead atoms. The lowest BCUT2D eigenvalue weighted by Crippen LogP contribution is -2.50. The molecule has 7 nitrogen and oxygen atoms in total. The van der Waals surface area contributed by atoms with Crippen LogP contribution < -0.4 is 5.32 Å². The molecule has 1 aromatic carbocycles. The number of ether oxygens (including phenoxy) is 2. The van der Waals surface area contributed by atoms with Crippen molar-refractivity contribution in [3.8, 4) is 0 Å². The van der Waals surface area contributed by atoms with Crippen molar-refractivity contribution in [3.05, 3.63) is 35.1 Å². The number of halogens is 3.